The molecule has 0 amide bonds. The Morgan fingerprint density at radius 2 is 2.05 bits per heavy atom. The molecule has 1 aromatic heterocycles. The van der Waals surface area contributed by atoms with Gasteiger partial charge in [0.25, 0.3) is 0 Å². The third kappa shape index (κ3) is 3.78. The number of piperidine rings is 1. The Kier molecular flexibility index (Phi) is 5.31. The third-order valence-electron chi connectivity index (χ3n) is 4.55. The Morgan fingerprint density at radius 3 is 2.67 bits per heavy atom. The molecule has 3 nitrogen and oxygen atoms in total. The van der Waals surface area contributed by atoms with Gasteiger partial charge in [-0.25, -0.2) is 4.98 Å². The SMILES string of the molecule is CCNCc1sc(N2CCCC(C)C2C)nc1C(C)(C)C. The molecule has 1 saturated heterocycles. The summed E-state index contributed by atoms with van der Waals surface area (Å²) in [4.78, 5) is 8.99. The van der Waals surface area contributed by atoms with Gasteiger partial charge in [-0.15, -0.1) is 11.3 Å². The largest absolute Gasteiger partial charge is 0.345 e. The van der Waals surface area contributed by atoms with E-state index in [9.17, 15) is 0 Å². The zero-order valence-corrected chi connectivity index (χ0v) is 15.3. The molecule has 2 unspecified atom stereocenters. The standard InChI is InChI=1S/C17H31N3S/c1-7-18-11-14-15(17(4,5)6)19-16(21-14)20-10-8-9-12(2)13(20)3/h12-13,18H,7-11H2,1-6H3. The molecule has 1 aliphatic rings. The van der Waals surface area contributed by atoms with Gasteiger partial charge < -0.3 is 10.2 Å². The van der Waals surface area contributed by atoms with Crippen molar-refractivity contribution in [1.82, 2.24) is 10.3 Å². The summed E-state index contributed by atoms with van der Waals surface area (Å²) in [5.41, 5.74) is 1.39. The first-order valence-corrected chi connectivity index (χ1v) is 9.13. The highest BCUT2D eigenvalue weighted by Gasteiger charge is 2.30. The molecule has 1 fully saturated rings. The van der Waals surface area contributed by atoms with Crippen LogP contribution in [0, 0.1) is 5.92 Å². The van der Waals surface area contributed by atoms with E-state index in [0.29, 0.717) is 6.04 Å². The molecular weight excluding hydrogens is 278 g/mol. The van der Waals surface area contributed by atoms with Gasteiger partial charge in [0.1, 0.15) is 0 Å². The Balaban J connectivity index is 2.29. The third-order valence-corrected chi connectivity index (χ3v) is 5.64. The molecule has 21 heavy (non-hydrogen) atoms. The number of rotatable bonds is 4. The van der Waals surface area contributed by atoms with Crippen LogP contribution in [0.25, 0.3) is 0 Å². The highest BCUT2D eigenvalue weighted by molar-refractivity contribution is 7.15. The van der Waals surface area contributed by atoms with Gasteiger partial charge in [0, 0.05) is 29.4 Å². The number of thiazole rings is 1. The van der Waals surface area contributed by atoms with Gasteiger partial charge >= 0.3 is 0 Å². The number of nitrogens with zero attached hydrogens (tertiary/aromatic N) is 2. The molecule has 4 heteroatoms. The van der Waals surface area contributed by atoms with Crippen LogP contribution in [-0.2, 0) is 12.0 Å². The second-order valence-electron chi connectivity index (χ2n) is 7.35. The van der Waals surface area contributed by atoms with Crippen LogP contribution in [0.3, 0.4) is 0 Å². The molecule has 0 saturated carbocycles. The lowest BCUT2D eigenvalue weighted by Crippen LogP contribution is -2.42. The van der Waals surface area contributed by atoms with E-state index in [2.05, 4.69) is 51.8 Å². The van der Waals surface area contributed by atoms with Gasteiger partial charge in [-0.3, -0.25) is 0 Å². The molecule has 2 atom stereocenters. The van der Waals surface area contributed by atoms with Crippen molar-refractivity contribution in [3.63, 3.8) is 0 Å². The van der Waals surface area contributed by atoms with E-state index in [1.165, 1.54) is 28.5 Å². The van der Waals surface area contributed by atoms with Gasteiger partial charge in [-0.2, -0.15) is 0 Å². The minimum atomic E-state index is 0.115. The minimum Gasteiger partial charge on any atom is -0.345 e. The second kappa shape index (κ2) is 6.66. The van der Waals surface area contributed by atoms with Crippen LogP contribution in [0.1, 0.15) is 65.0 Å². The predicted octanol–water partition coefficient (Wildman–Crippen LogP) is 4.17. The molecule has 0 aromatic carbocycles. The summed E-state index contributed by atoms with van der Waals surface area (Å²) >= 11 is 1.89. The fourth-order valence-corrected chi connectivity index (χ4v) is 4.37. The first-order chi connectivity index (χ1) is 9.84. The fourth-order valence-electron chi connectivity index (χ4n) is 3.01. The summed E-state index contributed by atoms with van der Waals surface area (Å²) in [6.07, 6.45) is 2.64. The van der Waals surface area contributed by atoms with Crippen molar-refractivity contribution >= 4 is 16.5 Å². The van der Waals surface area contributed by atoms with Crippen molar-refractivity contribution < 1.29 is 0 Å². The number of nitrogens with one attached hydrogen (secondary N) is 1. The van der Waals surface area contributed by atoms with E-state index in [1.807, 2.05) is 11.3 Å². The van der Waals surface area contributed by atoms with Crippen molar-refractivity contribution in [2.75, 3.05) is 18.0 Å². The molecule has 0 radical (unpaired) electrons. The lowest BCUT2D eigenvalue weighted by Gasteiger charge is -2.37. The maximum absolute atomic E-state index is 5.05. The molecule has 0 spiro atoms. The number of anilines is 1. The predicted molar refractivity (Wildman–Crippen MR) is 93.4 cm³/mol. The van der Waals surface area contributed by atoms with Crippen LogP contribution in [0.5, 0.6) is 0 Å². The summed E-state index contributed by atoms with van der Waals surface area (Å²) in [6.45, 7) is 16.8. The summed E-state index contributed by atoms with van der Waals surface area (Å²) in [5.74, 6) is 0.762. The number of hydrogen-bond donors (Lipinski definition) is 1. The summed E-state index contributed by atoms with van der Waals surface area (Å²) in [5, 5.41) is 4.69. The normalized spacial score (nSPS) is 23.6. The lowest BCUT2D eigenvalue weighted by atomic mass is 9.91. The minimum absolute atomic E-state index is 0.115. The van der Waals surface area contributed by atoms with E-state index in [0.717, 1.165) is 25.6 Å². The van der Waals surface area contributed by atoms with E-state index >= 15 is 0 Å². The zero-order chi connectivity index (χ0) is 15.6. The highest BCUT2D eigenvalue weighted by Crippen LogP contribution is 2.37. The van der Waals surface area contributed by atoms with Crippen LogP contribution in [0.4, 0.5) is 5.13 Å². The molecule has 120 valence electrons. The van der Waals surface area contributed by atoms with E-state index < -0.39 is 0 Å². The Labute approximate surface area is 134 Å². The average Bonchev–Trinajstić information content (AvgIpc) is 2.83. The van der Waals surface area contributed by atoms with Gasteiger partial charge in [0.05, 0.1) is 5.69 Å². The summed E-state index contributed by atoms with van der Waals surface area (Å²) < 4.78 is 0. The second-order valence-corrected chi connectivity index (χ2v) is 8.41. The van der Waals surface area contributed by atoms with Crippen LogP contribution in [-0.4, -0.2) is 24.1 Å². The monoisotopic (exact) mass is 309 g/mol. The number of aromatic nitrogens is 1. The Bertz CT molecular complexity index is 461. The molecule has 0 aliphatic carbocycles. The maximum Gasteiger partial charge on any atom is 0.186 e. The van der Waals surface area contributed by atoms with E-state index in [-0.39, 0.29) is 5.41 Å². The van der Waals surface area contributed by atoms with Gasteiger partial charge in [-0.1, -0.05) is 34.6 Å². The van der Waals surface area contributed by atoms with Crippen molar-refractivity contribution in [3.8, 4) is 0 Å². The van der Waals surface area contributed by atoms with Gasteiger partial charge in [0.2, 0.25) is 0 Å². The smallest absolute Gasteiger partial charge is 0.186 e. The van der Waals surface area contributed by atoms with Crippen molar-refractivity contribution in [2.45, 2.75) is 72.4 Å². The molecule has 1 N–H and O–H groups in total. The molecule has 2 rings (SSSR count). The quantitative estimate of drug-likeness (QED) is 0.904. The molecule has 0 bridgehead atoms. The van der Waals surface area contributed by atoms with Crippen LogP contribution >= 0.6 is 11.3 Å². The lowest BCUT2D eigenvalue weighted by molar-refractivity contribution is 0.363. The van der Waals surface area contributed by atoms with Crippen LogP contribution in [0.2, 0.25) is 0 Å². The van der Waals surface area contributed by atoms with Crippen LogP contribution < -0.4 is 10.2 Å². The van der Waals surface area contributed by atoms with Crippen molar-refractivity contribution in [2.24, 2.45) is 5.92 Å². The molecule has 1 aromatic rings. The van der Waals surface area contributed by atoms with Crippen LogP contribution in [0.15, 0.2) is 0 Å². The Morgan fingerprint density at radius 1 is 1.33 bits per heavy atom. The average molecular weight is 310 g/mol. The molecule has 1 aliphatic heterocycles. The van der Waals surface area contributed by atoms with E-state index in [4.69, 9.17) is 4.98 Å². The summed E-state index contributed by atoms with van der Waals surface area (Å²) in [7, 11) is 0. The first-order valence-electron chi connectivity index (χ1n) is 8.32. The molecule has 2 heterocycles. The maximum atomic E-state index is 5.05. The van der Waals surface area contributed by atoms with Gasteiger partial charge in [0.15, 0.2) is 5.13 Å². The molecular formula is C17H31N3S. The van der Waals surface area contributed by atoms with Crippen molar-refractivity contribution in [1.29, 1.82) is 0 Å². The fraction of sp³-hybridized carbons (Fsp3) is 0.824. The number of hydrogen-bond acceptors (Lipinski definition) is 4. The van der Waals surface area contributed by atoms with E-state index in [1.54, 1.807) is 0 Å². The van der Waals surface area contributed by atoms with Crippen molar-refractivity contribution in [3.05, 3.63) is 10.6 Å². The Hall–Kier alpha value is -0.610. The zero-order valence-electron chi connectivity index (χ0n) is 14.5. The van der Waals surface area contributed by atoms with Gasteiger partial charge in [-0.05, 0) is 32.2 Å². The first kappa shape index (κ1) is 16.8. The highest BCUT2D eigenvalue weighted by atomic mass is 32.1. The topological polar surface area (TPSA) is 28.2 Å². The summed E-state index contributed by atoms with van der Waals surface area (Å²) in [6, 6.07) is 0.602.